The highest BCUT2D eigenvalue weighted by molar-refractivity contribution is 5.97. The number of nitrogens with one attached hydrogen (secondary N) is 1. The van der Waals surface area contributed by atoms with Crippen molar-refractivity contribution in [2.75, 3.05) is 12.4 Å². The van der Waals surface area contributed by atoms with E-state index in [2.05, 4.69) is 20.8 Å². The van der Waals surface area contributed by atoms with Gasteiger partial charge >= 0.3 is 5.97 Å². The summed E-state index contributed by atoms with van der Waals surface area (Å²) in [7, 11) is 1.56. The zero-order valence-electron chi connectivity index (χ0n) is 14.7. The summed E-state index contributed by atoms with van der Waals surface area (Å²) < 4.78 is 11.7. The number of esters is 1. The Hall–Kier alpha value is -3.75. The molecule has 0 saturated carbocycles. The van der Waals surface area contributed by atoms with Gasteiger partial charge in [0.05, 0.1) is 18.4 Å². The Morgan fingerprint density at radius 1 is 1.07 bits per heavy atom. The normalized spacial score (nSPS) is 11.5. The number of ether oxygens (including phenoxy) is 2. The second kappa shape index (κ2) is 8.09. The molecule has 9 nitrogen and oxygen atoms in total. The van der Waals surface area contributed by atoms with Gasteiger partial charge in [0.1, 0.15) is 12.1 Å². The van der Waals surface area contributed by atoms with Gasteiger partial charge in [-0.3, -0.25) is 4.79 Å². The largest absolute Gasteiger partial charge is 0.497 e. The van der Waals surface area contributed by atoms with Crippen LogP contribution in [0.15, 0.2) is 54.9 Å². The lowest BCUT2D eigenvalue weighted by molar-refractivity contribution is -0.123. The minimum absolute atomic E-state index is 0.316. The molecular formula is C18H17N5O4. The minimum Gasteiger partial charge on any atom is -0.497 e. The number of anilines is 1. The summed E-state index contributed by atoms with van der Waals surface area (Å²) in [5.41, 5.74) is 1.59. The number of tetrazole rings is 1. The Kier molecular flexibility index (Phi) is 5.41. The van der Waals surface area contributed by atoms with E-state index in [4.69, 9.17) is 9.47 Å². The van der Waals surface area contributed by atoms with Crippen LogP contribution in [0.1, 0.15) is 17.3 Å². The van der Waals surface area contributed by atoms with Crippen LogP contribution in [-0.4, -0.2) is 45.3 Å². The van der Waals surface area contributed by atoms with Crippen molar-refractivity contribution in [1.29, 1.82) is 0 Å². The Balaban J connectivity index is 1.58. The van der Waals surface area contributed by atoms with E-state index in [-0.39, 0.29) is 0 Å². The van der Waals surface area contributed by atoms with Gasteiger partial charge in [0, 0.05) is 5.69 Å². The van der Waals surface area contributed by atoms with Crippen LogP contribution in [0.2, 0.25) is 0 Å². The molecule has 2 aromatic carbocycles. The molecule has 1 heterocycles. The fraction of sp³-hybridized carbons (Fsp3) is 0.167. The molecule has 3 aromatic rings. The van der Waals surface area contributed by atoms with Crippen LogP contribution in [-0.2, 0) is 9.53 Å². The van der Waals surface area contributed by atoms with E-state index >= 15 is 0 Å². The second-order valence-electron chi connectivity index (χ2n) is 5.57. The maximum absolute atomic E-state index is 12.2. The molecule has 1 amide bonds. The molecule has 0 aliphatic rings. The summed E-state index contributed by atoms with van der Waals surface area (Å²) in [6.45, 7) is 1.51. The van der Waals surface area contributed by atoms with E-state index in [1.54, 1.807) is 55.6 Å². The maximum Gasteiger partial charge on any atom is 0.338 e. The first-order valence-corrected chi connectivity index (χ1v) is 8.06. The Morgan fingerprint density at radius 3 is 2.37 bits per heavy atom. The number of benzene rings is 2. The van der Waals surface area contributed by atoms with Gasteiger partial charge in [-0.25, -0.2) is 9.48 Å². The molecule has 0 fully saturated rings. The van der Waals surface area contributed by atoms with Crippen molar-refractivity contribution in [3.8, 4) is 11.4 Å². The van der Waals surface area contributed by atoms with Gasteiger partial charge in [-0.05, 0) is 65.9 Å². The maximum atomic E-state index is 12.2. The number of nitrogens with zero attached hydrogens (tertiary/aromatic N) is 4. The first kappa shape index (κ1) is 18.1. The Labute approximate surface area is 154 Å². The molecule has 0 bridgehead atoms. The van der Waals surface area contributed by atoms with E-state index in [1.165, 1.54) is 17.9 Å². The van der Waals surface area contributed by atoms with Crippen molar-refractivity contribution < 1.29 is 19.1 Å². The van der Waals surface area contributed by atoms with E-state index in [9.17, 15) is 9.59 Å². The van der Waals surface area contributed by atoms with E-state index in [0.717, 1.165) is 0 Å². The molecule has 3 rings (SSSR count). The van der Waals surface area contributed by atoms with Crippen molar-refractivity contribution >= 4 is 17.6 Å². The molecule has 0 saturated heterocycles. The number of carbonyl (C=O) groups is 2. The van der Waals surface area contributed by atoms with Crippen molar-refractivity contribution in [2.45, 2.75) is 13.0 Å². The van der Waals surface area contributed by atoms with Crippen LogP contribution < -0.4 is 10.1 Å². The number of carbonyl (C=O) groups excluding carboxylic acids is 2. The highest BCUT2D eigenvalue weighted by Crippen LogP contribution is 2.16. The highest BCUT2D eigenvalue weighted by Gasteiger charge is 2.19. The summed E-state index contributed by atoms with van der Waals surface area (Å²) in [5, 5.41) is 13.5. The zero-order chi connectivity index (χ0) is 19.2. The van der Waals surface area contributed by atoms with Crippen molar-refractivity contribution in [2.24, 2.45) is 0 Å². The quantitative estimate of drug-likeness (QED) is 0.662. The van der Waals surface area contributed by atoms with Gasteiger partial charge in [0.2, 0.25) is 0 Å². The van der Waals surface area contributed by atoms with Crippen molar-refractivity contribution in [3.05, 3.63) is 60.4 Å². The molecule has 0 spiro atoms. The number of rotatable bonds is 6. The fourth-order valence-electron chi connectivity index (χ4n) is 2.23. The van der Waals surface area contributed by atoms with Crippen LogP contribution in [0.25, 0.3) is 5.69 Å². The molecule has 1 atom stereocenters. The van der Waals surface area contributed by atoms with Crippen LogP contribution in [0.5, 0.6) is 5.75 Å². The van der Waals surface area contributed by atoms with Gasteiger partial charge in [-0.2, -0.15) is 0 Å². The second-order valence-corrected chi connectivity index (χ2v) is 5.57. The van der Waals surface area contributed by atoms with E-state index in [0.29, 0.717) is 22.7 Å². The van der Waals surface area contributed by atoms with Gasteiger partial charge in [-0.15, -0.1) is 5.10 Å². The fourth-order valence-corrected chi connectivity index (χ4v) is 2.23. The van der Waals surface area contributed by atoms with E-state index < -0.39 is 18.0 Å². The average Bonchev–Trinajstić information content (AvgIpc) is 3.23. The molecule has 0 aliphatic heterocycles. The Bertz CT molecular complexity index is 908. The molecule has 1 aromatic heterocycles. The summed E-state index contributed by atoms with van der Waals surface area (Å²) in [6, 6.07) is 13.3. The molecule has 0 unspecified atom stereocenters. The topological polar surface area (TPSA) is 108 Å². The summed E-state index contributed by atoms with van der Waals surface area (Å²) in [5.74, 6) is -0.355. The molecule has 0 aliphatic carbocycles. The molecule has 1 N–H and O–H groups in total. The van der Waals surface area contributed by atoms with Gasteiger partial charge in [-0.1, -0.05) is 0 Å². The lowest BCUT2D eigenvalue weighted by Crippen LogP contribution is -2.30. The smallest absolute Gasteiger partial charge is 0.338 e. The highest BCUT2D eigenvalue weighted by atomic mass is 16.5. The number of hydrogen-bond acceptors (Lipinski definition) is 7. The standard InChI is InChI=1S/C18H17N5O4/c1-12(17(24)20-14-5-9-16(26-2)10-6-14)27-18(25)13-3-7-15(8-4-13)23-11-19-21-22-23/h3-12H,1-2H3,(H,20,24)/t12-/m0/s1. The van der Waals surface area contributed by atoms with Crippen LogP contribution in [0.4, 0.5) is 5.69 Å². The van der Waals surface area contributed by atoms with Crippen LogP contribution >= 0.6 is 0 Å². The Morgan fingerprint density at radius 2 is 1.78 bits per heavy atom. The SMILES string of the molecule is COc1ccc(NC(=O)[C@H](C)OC(=O)c2ccc(-n3cnnn3)cc2)cc1. The molecule has 0 radical (unpaired) electrons. The monoisotopic (exact) mass is 367 g/mol. The first-order chi connectivity index (χ1) is 13.1. The average molecular weight is 367 g/mol. The molecule has 138 valence electrons. The number of aromatic nitrogens is 4. The predicted octanol–water partition coefficient (Wildman–Crippen LogP) is 1.85. The number of amides is 1. The minimum atomic E-state index is -0.959. The molecule has 27 heavy (non-hydrogen) atoms. The summed E-state index contributed by atoms with van der Waals surface area (Å²) >= 11 is 0. The van der Waals surface area contributed by atoms with Crippen LogP contribution in [0.3, 0.4) is 0 Å². The molecular weight excluding hydrogens is 350 g/mol. The van der Waals surface area contributed by atoms with Crippen molar-refractivity contribution in [1.82, 2.24) is 20.2 Å². The zero-order valence-corrected chi connectivity index (χ0v) is 14.7. The van der Waals surface area contributed by atoms with Crippen LogP contribution in [0, 0.1) is 0 Å². The molecule has 9 heteroatoms. The van der Waals surface area contributed by atoms with Gasteiger partial charge < -0.3 is 14.8 Å². The summed E-state index contributed by atoms with van der Waals surface area (Å²) in [6.07, 6.45) is 0.484. The lowest BCUT2D eigenvalue weighted by Gasteiger charge is -2.14. The summed E-state index contributed by atoms with van der Waals surface area (Å²) in [4.78, 5) is 24.4. The van der Waals surface area contributed by atoms with Gasteiger partial charge in [0.25, 0.3) is 5.91 Å². The third kappa shape index (κ3) is 4.46. The number of methoxy groups -OCH3 is 1. The van der Waals surface area contributed by atoms with Gasteiger partial charge in [0.15, 0.2) is 6.10 Å². The van der Waals surface area contributed by atoms with Crippen molar-refractivity contribution in [3.63, 3.8) is 0 Å². The lowest BCUT2D eigenvalue weighted by atomic mass is 10.2. The third-order valence-electron chi connectivity index (χ3n) is 3.73. The third-order valence-corrected chi connectivity index (χ3v) is 3.73. The number of hydrogen-bond donors (Lipinski definition) is 1. The first-order valence-electron chi connectivity index (χ1n) is 8.06. The predicted molar refractivity (Wildman–Crippen MR) is 95.7 cm³/mol. The van der Waals surface area contributed by atoms with E-state index in [1.807, 2.05) is 0 Å².